The average molecular weight is 210 g/mol. The zero-order valence-corrected chi connectivity index (χ0v) is 8.73. The number of hydrogen-bond acceptors (Lipinski definition) is 5. The van der Waals surface area contributed by atoms with Gasteiger partial charge in [-0.15, -0.1) is 0 Å². The Kier molecular flexibility index (Phi) is 3.11. The van der Waals surface area contributed by atoms with Crippen LogP contribution >= 0.6 is 0 Å². The molecule has 1 unspecified atom stereocenters. The summed E-state index contributed by atoms with van der Waals surface area (Å²) in [5.41, 5.74) is 0. The van der Waals surface area contributed by atoms with Gasteiger partial charge in [0.25, 0.3) is 0 Å². The van der Waals surface area contributed by atoms with Gasteiger partial charge in [0, 0.05) is 6.61 Å². The van der Waals surface area contributed by atoms with Crippen molar-refractivity contribution in [1.29, 1.82) is 0 Å². The molecule has 1 aliphatic heterocycles. The molecule has 1 aromatic rings. The van der Waals surface area contributed by atoms with E-state index in [-0.39, 0.29) is 18.1 Å². The maximum atomic E-state index is 10.9. The Balaban J connectivity index is 2.02. The standard InChI is InChI=1S/C10H14N2O3/c1-7(13)5-9-11-10(15-12-9)8-3-2-4-14-6-8/h8H,2-6H2,1H3. The number of aromatic nitrogens is 2. The second-order valence-corrected chi connectivity index (χ2v) is 3.84. The summed E-state index contributed by atoms with van der Waals surface area (Å²) in [6.45, 7) is 2.96. The number of Topliss-reactive ketones (excluding diaryl/α,β-unsaturated/α-hetero) is 1. The summed E-state index contributed by atoms with van der Waals surface area (Å²) in [5.74, 6) is 1.32. The zero-order valence-electron chi connectivity index (χ0n) is 8.73. The highest BCUT2D eigenvalue weighted by atomic mass is 16.5. The molecule has 82 valence electrons. The van der Waals surface area contributed by atoms with Crippen molar-refractivity contribution in [3.05, 3.63) is 11.7 Å². The van der Waals surface area contributed by atoms with Crippen LogP contribution in [0.4, 0.5) is 0 Å². The maximum Gasteiger partial charge on any atom is 0.232 e. The summed E-state index contributed by atoms with van der Waals surface area (Å²) < 4.78 is 10.4. The first-order chi connectivity index (χ1) is 7.25. The van der Waals surface area contributed by atoms with E-state index in [1.165, 1.54) is 6.92 Å². The molecule has 1 saturated heterocycles. The fourth-order valence-electron chi connectivity index (χ4n) is 1.66. The molecule has 0 amide bonds. The molecule has 5 nitrogen and oxygen atoms in total. The first kappa shape index (κ1) is 10.3. The number of nitrogens with zero attached hydrogens (tertiary/aromatic N) is 2. The molecule has 0 aromatic carbocycles. The zero-order chi connectivity index (χ0) is 10.7. The third-order valence-electron chi connectivity index (χ3n) is 2.40. The van der Waals surface area contributed by atoms with E-state index < -0.39 is 0 Å². The summed E-state index contributed by atoms with van der Waals surface area (Å²) in [5, 5.41) is 3.77. The average Bonchev–Trinajstić information content (AvgIpc) is 2.67. The number of ether oxygens (including phenoxy) is 1. The van der Waals surface area contributed by atoms with Crippen LogP contribution in [0.25, 0.3) is 0 Å². The molecule has 1 fully saturated rings. The SMILES string of the molecule is CC(=O)Cc1noc(C2CCCOC2)n1. The predicted molar refractivity (Wildman–Crippen MR) is 51.5 cm³/mol. The first-order valence-corrected chi connectivity index (χ1v) is 5.15. The van der Waals surface area contributed by atoms with E-state index in [1.807, 2.05) is 0 Å². The summed E-state index contributed by atoms with van der Waals surface area (Å²) in [6, 6.07) is 0. The van der Waals surface area contributed by atoms with E-state index in [1.54, 1.807) is 0 Å². The minimum atomic E-state index is 0.0437. The van der Waals surface area contributed by atoms with Crippen molar-refractivity contribution in [2.24, 2.45) is 0 Å². The van der Waals surface area contributed by atoms with Crippen molar-refractivity contribution in [3.8, 4) is 0 Å². The van der Waals surface area contributed by atoms with Gasteiger partial charge in [0.2, 0.25) is 5.89 Å². The lowest BCUT2D eigenvalue weighted by Crippen LogP contribution is -2.15. The molecule has 2 rings (SSSR count). The normalized spacial score (nSPS) is 21.5. The highest BCUT2D eigenvalue weighted by Crippen LogP contribution is 2.23. The lowest BCUT2D eigenvalue weighted by Gasteiger charge is -2.17. The molecular formula is C10H14N2O3. The molecule has 0 radical (unpaired) electrons. The molecule has 0 saturated carbocycles. The molecule has 0 aliphatic carbocycles. The monoisotopic (exact) mass is 210 g/mol. The molecule has 2 heterocycles. The Morgan fingerprint density at radius 3 is 3.13 bits per heavy atom. The van der Waals surface area contributed by atoms with Crippen LogP contribution in [0.1, 0.15) is 37.4 Å². The van der Waals surface area contributed by atoms with Gasteiger partial charge in [0.05, 0.1) is 18.9 Å². The molecule has 5 heteroatoms. The van der Waals surface area contributed by atoms with E-state index in [0.29, 0.717) is 18.3 Å². The second-order valence-electron chi connectivity index (χ2n) is 3.84. The number of carbonyl (C=O) groups excluding carboxylic acids is 1. The Hall–Kier alpha value is -1.23. The van der Waals surface area contributed by atoms with Crippen molar-refractivity contribution < 1.29 is 14.1 Å². The highest BCUT2D eigenvalue weighted by Gasteiger charge is 2.22. The van der Waals surface area contributed by atoms with Gasteiger partial charge in [0.15, 0.2) is 5.82 Å². The fourth-order valence-corrected chi connectivity index (χ4v) is 1.66. The third-order valence-corrected chi connectivity index (χ3v) is 2.40. The minimum Gasteiger partial charge on any atom is -0.381 e. The second kappa shape index (κ2) is 4.53. The summed E-state index contributed by atoms with van der Waals surface area (Å²) >= 11 is 0. The Morgan fingerprint density at radius 2 is 2.47 bits per heavy atom. The van der Waals surface area contributed by atoms with Gasteiger partial charge in [-0.2, -0.15) is 4.98 Å². The van der Waals surface area contributed by atoms with Crippen molar-refractivity contribution in [1.82, 2.24) is 10.1 Å². The molecule has 1 atom stereocenters. The molecular weight excluding hydrogens is 196 g/mol. The first-order valence-electron chi connectivity index (χ1n) is 5.15. The molecule has 0 spiro atoms. The number of rotatable bonds is 3. The van der Waals surface area contributed by atoms with Crippen LogP contribution in [0, 0.1) is 0 Å². The van der Waals surface area contributed by atoms with Gasteiger partial charge in [-0.05, 0) is 19.8 Å². The van der Waals surface area contributed by atoms with Crippen LogP contribution in [0.3, 0.4) is 0 Å². The number of ketones is 1. The van der Waals surface area contributed by atoms with Gasteiger partial charge in [-0.3, -0.25) is 4.79 Å². The number of carbonyl (C=O) groups is 1. The Bertz CT molecular complexity index is 342. The smallest absolute Gasteiger partial charge is 0.232 e. The van der Waals surface area contributed by atoms with Gasteiger partial charge in [-0.1, -0.05) is 5.16 Å². The fraction of sp³-hybridized carbons (Fsp3) is 0.700. The van der Waals surface area contributed by atoms with Crippen molar-refractivity contribution >= 4 is 5.78 Å². The van der Waals surface area contributed by atoms with Gasteiger partial charge in [-0.25, -0.2) is 0 Å². The van der Waals surface area contributed by atoms with E-state index in [4.69, 9.17) is 9.26 Å². The van der Waals surface area contributed by atoms with Gasteiger partial charge >= 0.3 is 0 Å². The maximum absolute atomic E-state index is 10.9. The quantitative estimate of drug-likeness (QED) is 0.747. The van der Waals surface area contributed by atoms with Crippen molar-refractivity contribution in [3.63, 3.8) is 0 Å². The highest BCUT2D eigenvalue weighted by molar-refractivity contribution is 5.77. The van der Waals surface area contributed by atoms with E-state index in [2.05, 4.69) is 10.1 Å². The summed E-state index contributed by atoms with van der Waals surface area (Å²) in [6.07, 6.45) is 2.29. The molecule has 1 aromatic heterocycles. The van der Waals surface area contributed by atoms with Gasteiger partial charge < -0.3 is 9.26 Å². The molecule has 0 bridgehead atoms. The largest absolute Gasteiger partial charge is 0.381 e. The van der Waals surface area contributed by atoms with Crippen LogP contribution in [0.5, 0.6) is 0 Å². The molecule has 1 aliphatic rings. The topological polar surface area (TPSA) is 65.2 Å². The Morgan fingerprint density at radius 1 is 1.60 bits per heavy atom. The molecule has 0 N–H and O–H groups in total. The van der Waals surface area contributed by atoms with Crippen molar-refractivity contribution in [2.75, 3.05) is 13.2 Å². The Labute approximate surface area is 87.8 Å². The lowest BCUT2D eigenvalue weighted by molar-refractivity contribution is -0.116. The van der Waals surface area contributed by atoms with Crippen molar-refractivity contribution in [2.45, 2.75) is 32.1 Å². The lowest BCUT2D eigenvalue weighted by atomic mass is 10.0. The predicted octanol–water partition coefficient (Wildman–Crippen LogP) is 1.10. The van der Waals surface area contributed by atoms with Crippen LogP contribution in [-0.4, -0.2) is 29.1 Å². The minimum absolute atomic E-state index is 0.0437. The number of hydrogen-bond donors (Lipinski definition) is 0. The van der Waals surface area contributed by atoms with E-state index >= 15 is 0 Å². The molecule has 15 heavy (non-hydrogen) atoms. The summed E-state index contributed by atoms with van der Waals surface area (Å²) in [4.78, 5) is 15.0. The summed E-state index contributed by atoms with van der Waals surface area (Å²) in [7, 11) is 0. The third kappa shape index (κ3) is 2.62. The van der Waals surface area contributed by atoms with E-state index in [9.17, 15) is 4.79 Å². The van der Waals surface area contributed by atoms with Crippen LogP contribution in [-0.2, 0) is 16.0 Å². The van der Waals surface area contributed by atoms with Crippen LogP contribution in [0.15, 0.2) is 4.52 Å². The van der Waals surface area contributed by atoms with Gasteiger partial charge in [0.1, 0.15) is 5.78 Å². The van der Waals surface area contributed by atoms with E-state index in [0.717, 1.165) is 19.4 Å². The van der Waals surface area contributed by atoms with Crippen LogP contribution in [0.2, 0.25) is 0 Å². The van der Waals surface area contributed by atoms with Crippen LogP contribution < -0.4 is 0 Å².